The zero-order valence-corrected chi connectivity index (χ0v) is 15.4. The Bertz CT molecular complexity index is 697. The van der Waals surface area contributed by atoms with Crippen molar-refractivity contribution in [1.29, 1.82) is 0 Å². The van der Waals surface area contributed by atoms with Crippen LogP contribution in [-0.4, -0.2) is 54.7 Å². The average Bonchev–Trinajstić information content (AvgIpc) is 3.34. The van der Waals surface area contributed by atoms with Crippen LogP contribution < -0.4 is 9.64 Å². The summed E-state index contributed by atoms with van der Waals surface area (Å²) in [6, 6.07) is 3.91. The molecule has 4 heterocycles. The van der Waals surface area contributed by atoms with Gasteiger partial charge in [-0.25, -0.2) is 4.98 Å². The molecule has 1 aromatic rings. The summed E-state index contributed by atoms with van der Waals surface area (Å²) in [6.07, 6.45) is 6.85. The van der Waals surface area contributed by atoms with Crippen LogP contribution in [-0.2, 0) is 9.53 Å². The highest BCUT2D eigenvalue weighted by molar-refractivity contribution is 5.94. The number of hydrogen-bond donors (Lipinski definition) is 0. The lowest BCUT2D eigenvalue weighted by Gasteiger charge is -2.24. The van der Waals surface area contributed by atoms with Gasteiger partial charge in [-0.2, -0.15) is 0 Å². The van der Waals surface area contributed by atoms with Crippen molar-refractivity contribution in [1.82, 2.24) is 9.88 Å². The summed E-state index contributed by atoms with van der Waals surface area (Å²) >= 11 is 0. The van der Waals surface area contributed by atoms with Crippen molar-refractivity contribution in [2.45, 2.75) is 45.1 Å². The van der Waals surface area contributed by atoms with Crippen molar-refractivity contribution in [3.63, 3.8) is 0 Å². The maximum atomic E-state index is 12.8. The zero-order valence-electron chi connectivity index (χ0n) is 15.4. The van der Waals surface area contributed by atoms with Crippen molar-refractivity contribution in [3.05, 3.63) is 29.7 Å². The molecule has 0 saturated carbocycles. The highest BCUT2D eigenvalue weighted by Gasteiger charge is 2.32. The molecule has 4 rings (SSSR count). The van der Waals surface area contributed by atoms with Gasteiger partial charge in [0.25, 0.3) is 5.91 Å². The van der Waals surface area contributed by atoms with Crippen LogP contribution in [0.3, 0.4) is 0 Å². The standard InChI is InChI=1S/C20H27N3O3/c1-15-17(6-5-13-25-15)20(24)23-12-8-16(14-23)26-18-7-4-9-21-19(18)22-10-2-3-11-22/h4,7,9,16H,2-3,5-6,8,10-14H2,1H3. The Balaban J connectivity index is 1.41. The Hall–Kier alpha value is -2.24. The van der Waals surface area contributed by atoms with E-state index in [1.54, 1.807) is 0 Å². The van der Waals surface area contributed by atoms with Gasteiger partial charge in [-0.3, -0.25) is 4.79 Å². The third-order valence-electron chi connectivity index (χ3n) is 5.46. The molecule has 6 nitrogen and oxygen atoms in total. The summed E-state index contributed by atoms with van der Waals surface area (Å²) in [5.41, 5.74) is 0.830. The van der Waals surface area contributed by atoms with Crippen LogP contribution in [0.1, 0.15) is 39.0 Å². The number of anilines is 1. The highest BCUT2D eigenvalue weighted by Crippen LogP contribution is 2.31. The lowest BCUT2D eigenvalue weighted by molar-refractivity contribution is -0.127. The van der Waals surface area contributed by atoms with Crippen molar-refractivity contribution in [2.24, 2.45) is 0 Å². The van der Waals surface area contributed by atoms with Gasteiger partial charge in [-0.05, 0) is 44.7 Å². The lowest BCUT2D eigenvalue weighted by atomic mass is 10.1. The molecule has 0 radical (unpaired) electrons. The van der Waals surface area contributed by atoms with Crippen LogP contribution in [0.4, 0.5) is 5.82 Å². The highest BCUT2D eigenvalue weighted by atomic mass is 16.5. The molecular weight excluding hydrogens is 330 g/mol. The van der Waals surface area contributed by atoms with Crippen LogP contribution in [0, 0.1) is 0 Å². The van der Waals surface area contributed by atoms with Gasteiger partial charge in [0, 0.05) is 32.3 Å². The van der Waals surface area contributed by atoms with Gasteiger partial charge >= 0.3 is 0 Å². The zero-order chi connectivity index (χ0) is 17.9. The molecule has 1 amide bonds. The monoisotopic (exact) mass is 357 g/mol. The molecule has 2 saturated heterocycles. The van der Waals surface area contributed by atoms with Crippen molar-refractivity contribution >= 4 is 11.7 Å². The van der Waals surface area contributed by atoms with E-state index in [4.69, 9.17) is 9.47 Å². The second-order valence-corrected chi connectivity index (χ2v) is 7.29. The second-order valence-electron chi connectivity index (χ2n) is 7.29. The minimum atomic E-state index is 0.0231. The first-order valence-electron chi connectivity index (χ1n) is 9.71. The quantitative estimate of drug-likeness (QED) is 0.829. The molecule has 0 spiro atoms. The molecular formula is C20H27N3O3. The molecule has 1 unspecified atom stereocenters. The molecule has 26 heavy (non-hydrogen) atoms. The van der Waals surface area contributed by atoms with Crippen LogP contribution in [0.2, 0.25) is 0 Å². The number of pyridine rings is 1. The van der Waals surface area contributed by atoms with E-state index in [9.17, 15) is 4.79 Å². The smallest absolute Gasteiger partial charge is 0.253 e. The first-order chi connectivity index (χ1) is 12.7. The number of nitrogens with zero attached hydrogens (tertiary/aromatic N) is 3. The number of carbonyl (C=O) groups is 1. The first-order valence-corrected chi connectivity index (χ1v) is 9.71. The topological polar surface area (TPSA) is 54.9 Å². The predicted molar refractivity (Wildman–Crippen MR) is 99.2 cm³/mol. The molecule has 0 N–H and O–H groups in total. The average molecular weight is 357 g/mol. The van der Waals surface area contributed by atoms with Crippen LogP contribution in [0.25, 0.3) is 0 Å². The van der Waals surface area contributed by atoms with Gasteiger partial charge in [0.1, 0.15) is 11.9 Å². The lowest BCUT2D eigenvalue weighted by Crippen LogP contribution is -2.33. The summed E-state index contributed by atoms with van der Waals surface area (Å²) in [7, 11) is 0. The number of carbonyl (C=O) groups excluding carboxylic acids is 1. The SMILES string of the molecule is CC1=C(C(=O)N2CCC(Oc3cccnc3N3CCCC3)C2)CCCO1. The van der Waals surface area contributed by atoms with E-state index in [1.165, 1.54) is 12.8 Å². The molecule has 2 fully saturated rings. The van der Waals surface area contributed by atoms with E-state index in [0.29, 0.717) is 13.2 Å². The van der Waals surface area contributed by atoms with Gasteiger partial charge in [0.15, 0.2) is 11.6 Å². The Kier molecular flexibility index (Phi) is 5.00. The molecule has 140 valence electrons. The number of hydrogen-bond acceptors (Lipinski definition) is 5. The minimum Gasteiger partial charge on any atom is -0.498 e. The number of amides is 1. The number of ether oxygens (including phenoxy) is 2. The van der Waals surface area contributed by atoms with Crippen molar-refractivity contribution in [2.75, 3.05) is 37.7 Å². The van der Waals surface area contributed by atoms with Crippen LogP contribution in [0.15, 0.2) is 29.7 Å². The molecule has 0 aliphatic carbocycles. The molecule has 3 aliphatic heterocycles. The van der Waals surface area contributed by atoms with E-state index in [1.807, 2.05) is 30.2 Å². The van der Waals surface area contributed by atoms with Gasteiger partial charge in [0.05, 0.1) is 18.7 Å². The predicted octanol–water partition coefficient (Wildman–Crippen LogP) is 2.75. The fourth-order valence-electron chi connectivity index (χ4n) is 4.01. The maximum absolute atomic E-state index is 12.8. The van der Waals surface area contributed by atoms with Crippen molar-refractivity contribution in [3.8, 4) is 5.75 Å². The second kappa shape index (κ2) is 7.56. The Morgan fingerprint density at radius 2 is 2.12 bits per heavy atom. The van der Waals surface area contributed by atoms with Crippen LogP contribution in [0.5, 0.6) is 5.75 Å². The third-order valence-corrected chi connectivity index (χ3v) is 5.46. The Labute approximate surface area is 154 Å². The normalized spacial score (nSPS) is 23.3. The van der Waals surface area contributed by atoms with E-state index < -0.39 is 0 Å². The third kappa shape index (κ3) is 3.50. The molecule has 1 aromatic heterocycles. The fourth-order valence-corrected chi connectivity index (χ4v) is 4.01. The number of allylic oxidation sites excluding steroid dienone is 1. The number of rotatable bonds is 4. The van der Waals surface area contributed by atoms with Gasteiger partial charge < -0.3 is 19.3 Å². The Morgan fingerprint density at radius 3 is 2.92 bits per heavy atom. The summed E-state index contributed by atoms with van der Waals surface area (Å²) in [6.45, 7) is 6.05. The van der Waals surface area contributed by atoms with E-state index in [-0.39, 0.29) is 12.0 Å². The summed E-state index contributed by atoms with van der Waals surface area (Å²) in [5, 5.41) is 0. The number of aromatic nitrogens is 1. The summed E-state index contributed by atoms with van der Waals surface area (Å²) in [4.78, 5) is 21.5. The van der Waals surface area contributed by atoms with Gasteiger partial charge in [-0.15, -0.1) is 0 Å². The number of likely N-dealkylation sites (tertiary alicyclic amines) is 1. The van der Waals surface area contributed by atoms with Gasteiger partial charge in [-0.1, -0.05) is 0 Å². The van der Waals surface area contributed by atoms with Gasteiger partial charge in [0.2, 0.25) is 0 Å². The van der Waals surface area contributed by atoms with E-state index in [2.05, 4.69) is 9.88 Å². The van der Waals surface area contributed by atoms with E-state index >= 15 is 0 Å². The summed E-state index contributed by atoms with van der Waals surface area (Å²) in [5.74, 6) is 2.67. The Morgan fingerprint density at radius 1 is 1.27 bits per heavy atom. The van der Waals surface area contributed by atoms with E-state index in [0.717, 1.165) is 61.8 Å². The van der Waals surface area contributed by atoms with Crippen LogP contribution >= 0.6 is 0 Å². The molecule has 1 atom stereocenters. The maximum Gasteiger partial charge on any atom is 0.253 e. The molecule has 3 aliphatic rings. The molecule has 0 bridgehead atoms. The van der Waals surface area contributed by atoms with Crippen molar-refractivity contribution < 1.29 is 14.3 Å². The molecule has 6 heteroatoms. The fraction of sp³-hybridized carbons (Fsp3) is 0.600. The molecule has 0 aromatic carbocycles. The minimum absolute atomic E-state index is 0.0231. The largest absolute Gasteiger partial charge is 0.498 e. The summed E-state index contributed by atoms with van der Waals surface area (Å²) < 4.78 is 11.8. The first kappa shape index (κ1) is 17.2.